The van der Waals surface area contributed by atoms with Crippen LogP contribution in [0.3, 0.4) is 0 Å². The van der Waals surface area contributed by atoms with Crippen LogP contribution in [-0.4, -0.2) is 0 Å². The Bertz CT molecular complexity index is 3470. The third-order valence-electron chi connectivity index (χ3n) is 14.0. The summed E-state index contributed by atoms with van der Waals surface area (Å²) >= 11 is 0. The van der Waals surface area contributed by atoms with Crippen molar-refractivity contribution in [3.05, 3.63) is 293 Å². The molecule has 1 spiro atoms. The average molecular weight is 816 g/mol. The maximum Gasteiger partial charge on any atom is 0.136 e. The average Bonchev–Trinajstić information content (AvgIpc) is 3.93. The van der Waals surface area contributed by atoms with Gasteiger partial charge in [-0.3, -0.25) is 0 Å². The van der Waals surface area contributed by atoms with E-state index in [1.54, 1.807) is 0 Å². The fourth-order valence-corrected chi connectivity index (χ4v) is 11.5. The quantitative estimate of drug-likeness (QED) is 0.166. The SMILES string of the molecule is c1ccc(-c2cc3ccc(N(c4ccc5c(c4)-c4ccccc4C54c5ccccc5C(c5ccccc5)(c5ccccc5)c5ccccc54)c4cccc5ccccc45)cc3o2)cc1. The van der Waals surface area contributed by atoms with Crippen molar-refractivity contribution in [3.8, 4) is 22.5 Å². The van der Waals surface area contributed by atoms with Crippen molar-refractivity contribution in [1.82, 2.24) is 0 Å². The van der Waals surface area contributed by atoms with E-state index in [4.69, 9.17) is 4.42 Å². The van der Waals surface area contributed by atoms with Crippen LogP contribution in [0.25, 0.3) is 44.2 Å². The van der Waals surface area contributed by atoms with Gasteiger partial charge in [-0.2, -0.15) is 0 Å². The number of hydrogen-bond acceptors (Lipinski definition) is 2. The van der Waals surface area contributed by atoms with Crippen molar-refractivity contribution < 1.29 is 4.42 Å². The molecule has 13 rings (SSSR count). The maximum atomic E-state index is 6.62. The molecule has 1 aromatic heterocycles. The molecule has 0 amide bonds. The van der Waals surface area contributed by atoms with Gasteiger partial charge in [0.25, 0.3) is 0 Å². The van der Waals surface area contributed by atoms with E-state index in [1.165, 1.54) is 66.4 Å². The fraction of sp³-hybridized carbons (Fsp3) is 0.0323. The molecule has 2 aliphatic rings. The number of benzene rings is 10. The number of furan rings is 1. The second kappa shape index (κ2) is 14.2. The number of rotatable bonds is 6. The van der Waals surface area contributed by atoms with Crippen LogP contribution in [-0.2, 0) is 10.8 Å². The number of fused-ring (bicyclic) bond motifs is 11. The number of anilines is 3. The lowest BCUT2D eigenvalue weighted by Crippen LogP contribution is -2.44. The van der Waals surface area contributed by atoms with Crippen LogP contribution < -0.4 is 4.90 Å². The Morgan fingerprint density at radius 3 is 1.53 bits per heavy atom. The summed E-state index contributed by atoms with van der Waals surface area (Å²) in [5.41, 5.74) is 16.8. The first-order valence-electron chi connectivity index (χ1n) is 22.2. The zero-order valence-corrected chi connectivity index (χ0v) is 35.0. The molecule has 2 aliphatic carbocycles. The van der Waals surface area contributed by atoms with Crippen LogP contribution in [0.4, 0.5) is 17.1 Å². The van der Waals surface area contributed by atoms with Gasteiger partial charge in [0, 0.05) is 33.8 Å². The van der Waals surface area contributed by atoms with Gasteiger partial charge in [-0.15, -0.1) is 0 Å². The van der Waals surface area contributed by atoms with E-state index >= 15 is 0 Å². The molecule has 0 N–H and O–H groups in total. The summed E-state index contributed by atoms with van der Waals surface area (Å²) in [4.78, 5) is 2.42. The van der Waals surface area contributed by atoms with Crippen LogP contribution in [0, 0.1) is 0 Å². The second-order valence-electron chi connectivity index (χ2n) is 17.1. The molecular formula is C62H41NO. The van der Waals surface area contributed by atoms with Crippen LogP contribution in [0.15, 0.2) is 253 Å². The molecule has 0 aliphatic heterocycles. The largest absolute Gasteiger partial charge is 0.456 e. The molecule has 2 nitrogen and oxygen atoms in total. The third kappa shape index (κ3) is 5.08. The predicted molar refractivity (Wildman–Crippen MR) is 263 cm³/mol. The van der Waals surface area contributed by atoms with Gasteiger partial charge in [0.15, 0.2) is 0 Å². The minimum absolute atomic E-state index is 0.547. The van der Waals surface area contributed by atoms with Crippen molar-refractivity contribution in [2.24, 2.45) is 0 Å². The summed E-state index contributed by atoms with van der Waals surface area (Å²) in [7, 11) is 0. The molecular weight excluding hydrogens is 775 g/mol. The smallest absolute Gasteiger partial charge is 0.136 e. The monoisotopic (exact) mass is 815 g/mol. The van der Waals surface area contributed by atoms with Crippen LogP contribution in [0.1, 0.15) is 44.5 Å². The van der Waals surface area contributed by atoms with Crippen LogP contribution >= 0.6 is 0 Å². The molecule has 0 saturated carbocycles. The van der Waals surface area contributed by atoms with Gasteiger partial charge in [0.2, 0.25) is 0 Å². The van der Waals surface area contributed by atoms with Crippen LogP contribution in [0.5, 0.6) is 0 Å². The molecule has 0 bridgehead atoms. The second-order valence-corrected chi connectivity index (χ2v) is 17.1. The zero-order valence-electron chi connectivity index (χ0n) is 35.0. The van der Waals surface area contributed by atoms with Crippen molar-refractivity contribution in [3.63, 3.8) is 0 Å². The summed E-state index contributed by atoms with van der Waals surface area (Å²) in [6.45, 7) is 0. The molecule has 0 saturated heterocycles. The van der Waals surface area contributed by atoms with Crippen molar-refractivity contribution >= 4 is 38.8 Å². The van der Waals surface area contributed by atoms with Gasteiger partial charge in [-0.25, -0.2) is 0 Å². The summed E-state index contributed by atoms with van der Waals surface area (Å²) in [5.74, 6) is 0.862. The van der Waals surface area contributed by atoms with Gasteiger partial charge in [-0.05, 0) is 97.4 Å². The Labute approximate surface area is 373 Å². The summed E-state index contributed by atoms with van der Waals surface area (Å²) in [6, 6.07) is 91.5. The van der Waals surface area contributed by atoms with E-state index in [0.717, 1.165) is 39.4 Å². The minimum atomic E-state index is -0.574. The van der Waals surface area contributed by atoms with Crippen molar-refractivity contribution in [2.45, 2.75) is 10.8 Å². The number of hydrogen-bond donors (Lipinski definition) is 0. The molecule has 10 aromatic carbocycles. The van der Waals surface area contributed by atoms with Gasteiger partial charge >= 0.3 is 0 Å². The molecule has 64 heavy (non-hydrogen) atoms. The Kier molecular flexibility index (Phi) is 8.07. The predicted octanol–water partition coefficient (Wildman–Crippen LogP) is 15.8. The Morgan fingerprint density at radius 1 is 0.328 bits per heavy atom. The highest BCUT2D eigenvalue weighted by atomic mass is 16.3. The minimum Gasteiger partial charge on any atom is -0.456 e. The van der Waals surface area contributed by atoms with Gasteiger partial charge < -0.3 is 9.32 Å². The van der Waals surface area contributed by atoms with Gasteiger partial charge in [0.1, 0.15) is 11.3 Å². The molecule has 11 aromatic rings. The Hall–Kier alpha value is -8.20. The lowest BCUT2D eigenvalue weighted by atomic mass is 9.51. The molecule has 2 heteroatoms. The Morgan fingerprint density at radius 2 is 0.844 bits per heavy atom. The summed E-state index contributed by atoms with van der Waals surface area (Å²) < 4.78 is 6.62. The molecule has 0 fully saturated rings. The normalized spacial score (nSPS) is 13.9. The number of nitrogens with zero attached hydrogens (tertiary/aromatic N) is 1. The summed E-state index contributed by atoms with van der Waals surface area (Å²) in [6.07, 6.45) is 0. The van der Waals surface area contributed by atoms with E-state index in [1.807, 2.05) is 6.07 Å². The highest BCUT2D eigenvalue weighted by Gasteiger charge is 2.56. The molecule has 0 atom stereocenters. The summed E-state index contributed by atoms with van der Waals surface area (Å²) in [5, 5.41) is 3.44. The standard InChI is InChI=1S/C62H41NO/c1-4-20-43(21-5-1)59-39-44-35-36-48(41-60(44)64-59)63(58-34-18-22-42-19-10-11-27-49(42)58)47-37-38-53-51(40-47)50-28-12-13-29-52(50)62(53)56-32-16-14-30-54(56)61(45-23-6-2-7-24-45,46-25-8-3-9-26-46)55-31-15-17-33-57(55)62/h1-41H. The fourth-order valence-electron chi connectivity index (χ4n) is 11.5. The Balaban J connectivity index is 1.07. The van der Waals surface area contributed by atoms with Gasteiger partial charge in [0.05, 0.1) is 16.5 Å². The van der Waals surface area contributed by atoms with E-state index < -0.39 is 10.8 Å². The maximum absolute atomic E-state index is 6.62. The highest BCUT2D eigenvalue weighted by Crippen LogP contribution is 2.65. The van der Waals surface area contributed by atoms with Crippen LogP contribution in [0.2, 0.25) is 0 Å². The molecule has 0 radical (unpaired) electrons. The van der Waals surface area contributed by atoms with Gasteiger partial charge in [-0.1, -0.05) is 206 Å². The zero-order chi connectivity index (χ0) is 42.2. The first-order valence-corrected chi connectivity index (χ1v) is 22.2. The molecule has 1 heterocycles. The van der Waals surface area contributed by atoms with Crippen molar-refractivity contribution in [1.29, 1.82) is 0 Å². The highest BCUT2D eigenvalue weighted by molar-refractivity contribution is 6.01. The van der Waals surface area contributed by atoms with E-state index in [0.29, 0.717) is 0 Å². The van der Waals surface area contributed by atoms with Crippen molar-refractivity contribution in [2.75, 3.05) is 4.90 Å². The third-order valence-corrected chi connectivity index (χ3v) is 14.0. The lowest BCUT2D eigenvalue weighted by Gasteiger charge is -2.50. The lowest BCUT2D eigenvalue weighted by molar-refractivity contribution is 0.623. The van der Waals surface area contributed by atoms with E-state index in [9.17, 15) is 0 Å². The topological polar surface area (TPSA) is 16.4 Å². The van der Waals surface area contributed by atoms with E-state index in [2.05, 4.69) is 248 Å². The molecule has 0 unspecified atom stereocenters. The molecule has 300 valence electrons. The first-order chi connectivity index (χ1) is 31.7. The first kappa shape index (κ1) is 36.5. The van der Waals surface area contributed by atoms with E-state index in [-0.39, 0.29) is 0 Å².